The molecule has 0 amide bonds. The number of benzene rings is 1. The number of halogens is 1. The second-order valence-corrected chi connectivity index (χ2v) is 5.47. The number of ether oxygens (including phenoxy) is 1. The van der Waals surface area contributed by atoms with Gasteiger partial charge in [-0.15, -0.1) is 0 Å². The Bertz CT molecular complexity index is 561. The number of hydrogen-bond acceptors (Lipinski definition) is 3. The highest BCUT2D eigenvalue weighted by molar-refractivity contribution is 9.10. The summed E-state index contributed by atoms with van der Waals surface area (Å²) < 4.78 is 8.45. The SMILES string of the molecule is OCc1nn(C2CCOCC2)c2ccc(Br)cc12. The van der Waals surface area contributed by atoms with Gasteiger partial charge >= 0.3 is 0 Å². The fourth-order valence-electron chi connectivity index (χ4n) is 2.50. The largest absolute Gasteiger partial charge is 0.390 e. The first-order chi connectivity index (χ1) is 8.79. The summed E-state index contributed by atoms with van der Waals surface area (Å²) in [5.41, 5.74) is 1.84. The lowest BCUT2D eigenvalue weighted by Crippen LogP contribution is -2.20. The Labute approximate surface area is 114 Å². The maximum absolute atomic E-state index is 9.42. The second-order valence-electron chi connectivity index (χ2n) is 4.55. The predicted molar refractivity (Wildman–Crippen MR) is 72.4 cm³/mol. The molecule has 0 spiro atoms. The lowest BCUT2D eigenvalue weighted by atomic mass is 10.1. The topological polar surface area (TPSA) is 47.3 Å². The number of aromatic nitrogens is 2. The number of aliphatic hydroxyl groups excluding tert-OH is 1. The maximum atomic E-state index is 9.42. The Morgan fingerprint density at radius 1 is 1.39 bits per heavy atom. The molecule has 1 N–H and O–H groups in total. The van der Waals surface area contributed by atoms with Crippen LogP contribution in [-0.2, 0) is 11.3 Å². The van der Waals surface area contributed by atoms with Crippen molar-refractivity contribution in [3.8, 4) is 0 Å². The highest BCUT2D eigenvalue weighted by Gasteiger charge is 2.20. The van der Waals surface area contributed by atoms with E-state index >= 15 is 0 Å². The van der Waals surface area contributed by atoms with E-state index in [9.17, 15) is 5.11 Å². The molecule has 1 aromatic carbocycles. The van der Waals surface area contributed by atoms with Crippen molar-refractivity contribution in [1.29, 1.82) is 0 Å². The van der Waals surface area contributed by atoms with Crippen LogP contribution in [0.1, 0.15) is 24.6 Å². The van der Waals surface area contributed by atoms with Gasteiger partial charge in [0.05, 0.1) is 23.9 Å². The molecular formula is C13H15BrN2O2. The predicted octanol–water partition coefficient (Wildman–Crippen LogP) is 2.64. The van der Waals surface area contributed by atoms with E-state index in [1.165, 1.54) is 0 Å². The minimum absolute atomic E-state index is 0.0246. The molecule has 0 atom stereocenters. The highest BCUT2D eigenvalue weighted by atomic mass is 79.9. The van der Waals surface area contributed by atoms with Crippen molar-refractivity contribution in [3.05, 3.63) is 28.4 Å². The molecule has 1 aliphatic rings. The fourth-order valence-corrected chi connectivity index (χ4v) is 2.86. The first-order valence-electron chi connectivity index (χ1n) is 6.15. The molecular weight excluding hydrogens is 296 g/mol. The quantitative estimate of drug-likeness (QED) is 0.927. The summed E-state index contributed by atoms with van der Waals surface area (Å²) in [6, 6.07) is 6.47. The Hall–Kier alpha value is -0.910. The van der Waals surface area contributed by atoms with E-state index in [-0.39, 0.29) is 6.61 Å². The minimum atomic E-state index is -0.0246. The Morgan fingerprint density at radius 3 is 2.89 bits per heavy atom. The van der Waals surface area contributed by atoms with E-state index in [0.29, 0.717) is 6.04 Å². The van der Waals surface area contributed by atoms with E-state index in [4.69, 9.17) is 4.74 Å². The van der Waals surface area contributed by atoms with Crippen LogP contribution in [-0.4, -0.2) is 28.1 Å². The van der Waals surface area contributed by atoms with E-state index in [2.05, 4.69) is 31.8 Å². The van der Waals surface area contributed by atoms with Gasteiger partial charge in [-0.05, 0) is 31.0 Å². The molecule has 0 aliphatic carbocycles. The third-order valence-electron chi connectivity index (χ3n) is 3.43. The van der Waals surface area contributed by atoms with Crippen LogP contribution in [0.4, 0.5) is 0 Å². The van der Waals surface area contributed by atoms with Crippen molar-refractivity contribution in [1.82, 2.24) is 9.78 Å². The molecule has 1 fully saturated rings. The number of fused-ring (bicyclic) bond motifs is 1. The van der Waals surface area contributed by atoms with E-state index < -0.39 is 0 Å². The van der Waals surface area contributed by atoms with E-state index in [1.807, 2.05) is 12.1 Å². The molecule has 2 aromatic rings. The number of rotatable bonds is 2. The van der Waals surface area contributed by atoms with E-state index in [0.717, 1.165) is 47.1 Å². The van der Waals surface area contributed by atoms with Gasteiger partial charge < -0.3 is 9.84 Å². The van der Waals surface area contributed by atoms with Gasteiger partial charge in [-0.25, -0.2) is 0 Å². The first kappa shape index (κ1) is 12.1. The van der Waals surface area contributed by atoms with Crippen LogP contribution < -0.4 is 0 Å². The van der Waals surface area contributed by atoms with Gasteiger partial charge in [-0.3, -0.25) is 4.68 Å². The third kappa shape index (κ3) is 2.06. The highest BCUT2D eigenvalue weighted by Crippen LogP contribution is 2.29. The normalized spacial score (nSPS) is 17.4. The van der Waals surface area contributed by atoms with Gasteiger partial charge in [-0.1, -0.05) is 15.9 Å². The Kier molecular flexibility index (Phi) is 3.37. The summed E-state index contributed by atoms with van der Waals surface area (Å²) in [6.07, 6.45) is 1.97. The smallest absolute Gasteiger partial charge is 0.0958 e. The van der Waals surface area contributed by atoms with Gasteiger partial charge in [0.1, 0.15) is 0 Å². The van der Waals surface area contributed by atoms with Crippen LogP contribution in [0.5, 0.6) is 0 Å². The van der Waals surface area contributed by atoms with Gasteiger partial charge in [0.2, 0.25) is 0 Å². The van der Waals surface area contributed by atoms with Crippen LogP contribution in [0.3, 0.4) is 0 Å². The average molecular weight is 311 g/mol. The van der Waals surface area contributed by atoms with Crippen LogP contribution in [0.2, 0.25) is 0 Å². The number of nitrogens with zero attached hydrogens (tertiary/aromatic N) is 2. The summed E-state index contributed by atoms with van der Waals surface area (Å²) in [6.45, 7) is 1.55. The molecule has 2 heterocycles. The molecule has 0 bridgehead atoms. The lowest BCUT2D eigenvalue weighted by Gasteiger charge is -2.23. The molecule has 1 aliphatic heterocycles. The third-order valence-corrected chi connectivity index (χ3v) is 3.92. The van der Waals surface area contributed by atoms with Crippen molar-refractivity contribution in [2.45, 2.75) is 25.5 Å². The summed E-state index contributed by atoms with van der Waals surface area (Å²) >= 11 is 3.46. The summed E-state index contributed by atoms with van der Waals surface area (Å²) in [4.78, 5) is 0. The summed E-state index contributed by atoms with van der Waals surface area (Å²) in [5, 5.41) is 15.0. The second kappa shape index (κ2) is 4.99. The molecule has 1 saturated heterocycles. The fraction of sp³-hybridized carbons (Fsp3) is 0.462. The van der Waals surface area contributed by atoms with Crippen LogP contribution in [0.15, 0.2) is 22.7 Å². The number of hydrogen-bond donors (Lipinski definition) is 1. The molecule has 3 rings (SSSR count). The molecule has 0 saturated carbocycles. The Balaban J connectivity index is 2.11. The van der Waals surface area contributed by atoms with Crippen LogP contribution >= 0.6 is 15.9 Å². The molecule has 0 radical (unpaired) electrons. The number of aliphatic hydroxyl groups is 1. The molecule has 96 valence electrons. The van der Waals surface area contributed by atoms with Gasteiger partial charge in [0.25, 0.3) is 0 Å². The molecule has 5 heteroatoms. The Morgan fingerprint density at radius 2 is 2.17 bits per heavy atom. The summed E-state index contributed by atoms with van der Waals surface area (Å²) in [7, 11) is 0. The van der Waals surface area contributed by atoms with Crippen molar-refractivity contribution in [2.75, 3.05) is 13.2 Å². The maximum Gasteiger partial charge on any atom is 0.0958 e. The van der Waals surface area contributed by atoms with Gasteiger partial charge in [0.15, 0.2) is 0 Å². The van der Waals surface area contributed by atoms with Crippen LogP contribution in [0, 0.1) is 0 Å². The molecule has 1 aromatic heterocycles. The zero-order chi connectivity index (χ0) is 12.5. The molecule has 4 nitrogen and oxygen atoms in total. The lowest BCUT2D eigenvalue weighted by molar-refractivity contribution is 0.0672. The molecule has 0 unspecified atom stereocenters. The van der Waals surface area contributed by atoms with Crippen molar-refractivity contribution in [2.24, 2.45) is 0 Å². The van der Waals surface area contributed by atoms with Gasteiger partial charge in [-0.2, -0.15) is 5.10 Å². The van der Waals surface area contributed by atoms with Gasteiger partial charge in [0, 0.05) is 23.1 Å². The average Bonchev–Trinajstić information content (AvgIpc) is 2.77. The van der Waals surface area contributed by atoms with Crippen LogP contribution in [0.25, 0.3) is 10.9 Å². The standard InChI is InChI=1S/C13H15BrN2O2/c14-9-1-2-13-11(7-9)12(8-17)15-16(13)10-3-5-18-6-4-10/h1-2,7,10,17H,3-6,8H2. The zero-order valence-electron chi connectivity index (χ0n) is 9.97. The van der Waals surface area contributed by atoms with Crippen molar-refractivity contribution < 1.29 is 9.84 Å². The molecule has 18 heavy (non-hydrogen) atoms. The monoisotopic (exact) mass is 310 g/mol. The zero-order valence-corrected chi connectivity index (χ0v) is 11.6. The minimum Gasteiger partial charge on any atom is -0.390 e. The van der Waals surface area contributed by atoms with Crippen molar-refractivity contribution in [3.63, 3.8) is 0 Å². The van der Waals surface area contributed by atoms with E-state index in [1.54, 1.807) is 0 Å². The van der Waals surface area contributed by atoms with Crippen molar-refractivity contribution >= 4 is 26.8 Å². The summed E-state index contributed by atoms with van der Waals surface area (Å²) in [5.74, 6) is 0. The first-order valence-corrected chi connectivity index (χ1v) is 6.94.